The summed E-state index contributed by atoms with van der Waals surface area (Å²) in [6, 6.07) is 12.5. The number of benzene rings is 1. The third-order valence-corrected chi connectivity index (χ3v) is 7.86. The van der Waals surface area contributed by atoms with E-state index in [-0.39, 0.29) is 5.54 Å². The lowest BCUT2D eigenvalue weighted by Gasteiger charge is -2.39. The van der Waals surface area contributed by atoms with E-state index in [1.165, 1.54) is 5.56 Å². The van der Waals surface area contributed by atoms with E-state index in [1.807, 2.05) is 52.8 Å². The van der Waals surface area contributed by atoms with Crippen molar-refractivity contribution < 1.29 is 4.74 Å². The number of nitrogens with zero attached hydrogens (tertiary/aromatic N) is 7. The van der Waals surface area contributed by atoms with Crippen LogP contribution < -0.4 is 20.7 Å². The zero-order chi connectivity index (χ0) is 27.5. The first-order chi connectivity index (χ1) is 19.5. The number of piperidine rings is 1. The first-order valence-corrected chi connectivity index (χ1v) is 14.0. The van der Waals surface area contributed by atoms with Gasteiger partial charge in [-0.3, -0.25) is 0 Å². The van der Waals surface area contributed by atoms with Crippen LogP contribution in [-0.2, 0) is 6.42 Å². The molecule has 6 rings (SSSR count). The van der Waals surface area contributed by atoms with Crippen molar-refractivity contribution in [2.45, 2.75) is 44.6 Å². The van der Waals surface area contributed by atoms with Crippen LogP contribution in [0.2, 0.25) is 0 Å². The third kappa shape index (κ3) is 5.64. The number of nitrogens with two attached hydrogens (primary N) is 1. The van der Waals surface area contributed by atoms with Gasteiger partial charge in [0, 0.05) is 68.8 Å². The van der Waals surface area contributed by atoms with Crippen LogP contribution in [0.1, 0.15) is 42.6 Å². The van der Waals surface area contributed by atoms with Crippen LogP contribution in [-0.4, -0.2) is 67.3 Å². The van der Waals surface area contributed by atoms with Gasteiger partial charge in [-0.05, 0) is 37.0 Å². The Hall–Kier alpha value is -4.02. The van der Waals surface area contributed by atoms with Gasteiger partial charge in [0.05, 0.1) is 12.8 Å². The fourth-order valence-corrected chi connectivity index (χ4v) is 5.39. The molecule has 3 N–H and O–H groups in total. The second-order valence-corrected chi connectivity index (χ2v) is 11.0. The second-order valence-electron chi connectivity index (χ2n) is 11.0. The van der Waals surface area contributed by atoms with E-state index in [9.17, 15) is 0 Å². The Morgan fingerprint density at radius 1 is 1.07 bits per heavy atom. The highest BCUT2D eigenvalue weighted by atomic mass is 16.5. The molecule has 0 spiro atoms. The van der Waals surface area contributed by atoms with Gasteiger partial charge in [-0.2, -0.15) is 5.10 Å². The fourth-order valence-electron chi connectivity index (χ4n) is 5.39. The number of aromatic nitrogens is 6. The minimum Gasteiger partial charge on any atom is -0.491 e. The van der Waals surface area contributed by atoms with E-state index in [0.29, 0.717) is 12.5 Å². The Morgan fingerprint density at radius 3 is 2.65 bits per heavy atom. The van der Waals surface area contributed by atoms with Crippen LogP contribution in [0, 0.1) is 6.92 Å². The molecule has 5 aromatic rings. The number of imidazole rings is 1. The topological polar surface area (TPSA) is 111 Å². The summed E-state index contributed by atoms with van der Waals surface area (Å²) in [6.07, 6.45) is 11.9. The van der Waals surface area contributed by atoms with Gasteiger partial charge in [-0.25, -0.2) is 19.5 Å². The molecule has 0 amide bonds. The van der Waals surface area contributed by atoms with Crippen LogP contribution in [0.4, 0.5) is 5.82 Å². The summed E-state index contributed by atoms with van der Waals surface area (Å²) in [7, 11) is 0. The molecule has 0 radical (unpaired) electrons. The Labute approximate surface area is 234 Å². The Kier molecular flexibility index (Phi) is 7.36. The van der Waals surface area contributed by atoms with Gasteiger partial charge in [0.2, 0.25) is 0 Å². The van der Waals surface area contributed by atoms with Crippen molar-refractivity contribution in [2.24, 2.45) is 5.73 Å². The molecule has 0 aliphatic carbocycles. The van der Waals surface area contributed by atoms with Crippen LogP contribution in [0.25, 0.3) is 11.3 Å². The molecule has 0 bridgehead atoms. The number of aryl methyl sites for hydroxylation is 1. The number of ether oxygens (including phenoxy) is 1. The van der Waals surface area contributed by atoms with E-state index in [0.717, 1.165) is 79.7 Å². The average Bonchev–Trinajstić information content (AvgIpc) is 3.62. The summed E-state index contributed by atoms with van der Waals surface area (Å²) in [6.45, 7) is 8.08. The number of fused-ring (bicyclic) bond motifs is 2. The predicted octanol–water partition coefficient (Wildman–Crippen LogP) is 3.39. The maximum absolute atomic E-state index is 6.78. The summed E-state index contributed by atoms with van der Waals surface area (Å²) in [5, 5.41) is 8.27. The molecule has 1 saturated heterocycles. The molecule has 1 aliphatic rings. The molecule has 1 aliphatic heterocycles. The number of hydrogen-bond donors (Lipinski definition) is 2. The lowest BCUT2D eigenvalue weighted by atomic mass is 9.88. The molecule has 0 saturated carbocycles. The smallest absolute Gasteiger partial charge is 0.180 e. The quantitative estimate of drug-likeness (QED) is 0.260. The summed E-state index contributed by atoms with van der Waals surface area (Å²) >= 11 is 0. The Morgan fingerprint density at radius 2 is 1.85 bits per heavy atom. The maximum Gasteiger partial charge on any atom is 0.180 e. The molecular weight excluding hydrogens is 502 g/mol. The molecule has 1 aromatic carbocycles. The molecule has 208 valence electrons. The number of pyridine rings is 1. The number of anilines is 1. The summed E-state index contributed by atoms with van der Waals surface area (Å²) in [5.41, 5.74) is 10.6. The molecule has 4 aromatic heterocycles. The molecule has 40 heavy (non-hydrogen) atoms. The van der Waals surface area contributed by atoms with E-state index < -0.39 is 0 Å². The Balaban J connectivity index is 0.993. The minimum absolute atomic E-state index is 0.247. The van der Waals surface area contributed by atoms with Gasteiger partial charge in [0.1, 0.15) is 5.75 Å². The fraction of sp³-hybridized carbons (Fsp3) is 0.400. The van der Waals surface area contributed by atoms with Gasteiger partial charge < -0.3 is 25.1 Å². The van der Waals surface area contributed by atoms with E-state index >= 15 is 0 Å². The lowest BCUT2D eigenvalue weighted by Crippen LogP contribution is -2.56. The molecule has 10 heteroatoms. The molecule has 5 heterocycles. The van der Waals surface area contributed by atoms with Crippen LogP contribution in [0.15, 0.2) is 67.4 Å². The third-order valence-electron chi connectivity index (χ3n) is 7.86. The van der Waals surface area contributed by atoms with Gasteiger partial charge in [0.15, 0.2) is 22.9 Å². The first kappa shape index (κ1) is 26.2. The number of rotatable bonds is 10. The minimum atomic E-state index is -0.247. The van der Waals surface area contributed by atoms with E-state index in [1.54, 1.807) is 6.20 Å². The zero-order valence-electron chi connectivity index (χ0n) is 23.2. The average molecular weight is 540 g/mol. The number of hydrogen-bond acceptors (Lipinski definition) is 8. The first-order valence-electron chi connectivity index (χ1n) is 14.0. The van der Waals surface area contributed by atoms with Crippen molar-refractivity contribution in [3.05, 3.63) is 84.3 Å². The van der Waals surface area contributed by atoms with Gasteiger partial charge in [0.25, 0.3) is 0 Å². The van der Waals surface area contributed by atoms with Crippen LogP contribution in [0.3, 0.4) is 0 Å². The van der Waals surface area contributed by atoms with Gasteiger partial charge in [-0.1, -0.05) is 37.3 Å². The highest BCUT2D eigenvalue weighted by molar-refractivity contribution is 5.64. The molecule has 10 nitrogen and oxygen atoms in total. The largest absolute Gasteiger partial charge is 0.491 e. The highest BCUT2D eigenvalue weighted by Gasteiger charge is 2.31. The van der Waals surface area contributed by atoms with Crippen molar-refractivity contribution in [1.29, 1.82) is 0 Å². The lowest BCUT2D eigenvalue weighted by molar-refractivity contribution is 0.294. The van der Waals surface area contributed by atoms with Crippen LogP contribution >= 0.6 is 0 Å². The summed E-state index contributed by atoms with van der Waals surface area (Å²) in [4.78, 5) is 16.1. The Bertz CT molecular complexity index is 1570. The molecular formula is C30H37N9O. The van der Waals surface area contributed by atoms with Crippen molar-refractivity contribution >= 4 is 17.1 Å². The monoisotopic (exact) mass is 539 g/mol. The summed E-state index contributed by atoms with van der Waals surface area (Å²) < 4.78 is 9.96. The normalized spacial score (nSPS) is 16.0. The van der Waals surface area contributed by atoms with Crippen molar-refractivity contribution in [2.75, 3.05) is 37.7 Å². The van der Waals surface area contributed by atoms with Crippen molar-refractivity contribution in [3.8, 4) is 5.75 Å². The standard InChI is InChI=1S/C30H37N9O/c1-22-18-25(40-20-23(2)24-6-4-3-5-7-24)19-39-27(22)35-26(36-39)8-11-32-21-30(31)9-14-37(15-10-30)28-29-34-13-17-38(29)16-12-33-28/h3-7,12-13,16-19,23,32H,8-11,14-15,20-21,31H2,1-2H3. The van der Waals surface area contributed by atoms with Crippen molar-refractivity contribution in [3.63, 3.8) is 0 Å². The van der Waals surface area contributed by atoms with Crippen LogP contribution in [0.5, 0.6) is 5.75 Å². The van der Waals surface area contributed by atoms with Crippen molar-refractivity contribution in [1.82, 2.24) is 34.3 Å². The van der Waals surface area contributed by atoms with E-state index in [4.69, 9.17) is 20.6 Å². The SMILES string of the molecule is Cc1cc(OCC(C)c2ccccc2)cn2nc(CCNCC3(N)CCN(c4nccn5ccnc45)CC3)nc12. The molecule has 1 fully saturated rings. The van der Waals surface area contributed by atoms with Gasteiger partial charge >= 0.3 is 0 Å². The summed E-state index contributed by atoms with van der Waals surface area (Å²) in [5.74, 6) is 2.84. The maximum atomic E-state index is 6.78. The highest BCUT2D eigenvalue weighted by Crippen LogP contribution is 2.25. The van der Waals surface area contributed by atoms with Gasteiger partial charge in [-0.15, -0.1) is 0 Å². The molecule has 1 unspecified atom stereocenters. The second kappa shape index (κ2) is 11.2. The van der Waals surface area contributed by atoms with E-state index in [2.05, 4.69) is 51.4 Å². The zero-order valence-corrected chi connectivity index (χ0v) is 23.2. The number of nitrogens with one attached hydrogen (secondary N) is 1. The predicted molar refractivity (Wildman–Crippen MR) is 156 cm³/mol. The molecule has 1 atom stereocenters.